The van der Waals surface area contributed by atoms with E-state index in [4.69, 9.17) is 14.0 Å². The summed E-state index contributed by atoms with van der Waals surface area (Å²) in [5, 5.41) is 14.0. The molecule has 0 unspecified atom stereocenters. The number of pyridine rings is 1. The fraction of sp³-hybridized carbons (Fsp3) is 0.545. The molecule has 1 amide bonds. The van der Waals surface area contributed by atoms with Gasteiger partial charge in [-0.05, 0) is 89.9 Å². The lowest BCUT2D eigenvalue weighted by Crippen LogP contribution is -2.47. The van der Waals surface area contributed by atoms with E-state index in [1.807, 2.05) is 26.1 Å². The zero-order valence-corrected chi connectivity index (χ0v) is 28.4. The predicted octanol–water partition coefficient (Wildman–Crippen LogP) is 4.41. The van der Waals surface area contributed by atoms with Crippen LogP contribution in [0.1, 0.15) is 67.4 Å². The van der Waals surface area contributed by atoms with Crippen LogP contribution in [0.2, 0.25) is 0 Å². The van der Waals surface area contributed by atoms with Gasteiger partial charge in [0.05, 0.1) is 30.4 Å². The number of fused-ring (bicyclic) bond motifs is 1. The Morgan fingerprint density at radius 2 is 1.89 bits per heavy atom. The number of nitrogens with one attached hydrogen (secondary N) is 1. The van der Waals surface area contributed by atoms with Crippen molar-refractivity contribution in [1.82, 2.24) is 19.9 Å². The summed E-state index contributed by atoms with van der Waals surface area (Å²) in [7, 11) is -2.01. The number of aromatic nitrogens is 2. The summed E-state index contributed by atoms with van der Waals surface area (Å²) in [5.41, 5.74) is 1.76. The van der Waals surface area contributed by atoms with Gasteiger partial charge in [0.2, 0.25) is 0 Å². The Morgan fingerprint density at radius 3 is 2.57 bits per heavy atom. The lowest BCUT2D eigenvalue weighted by Gasteiger charge is -2.36. The lowest BCUT2D eigenvalue weighted by atomic mass is 10.0. The van der Waals surface area contributed by atoms with Gasteiger partial charge in [0.15, 0.2) is 10.7 Å². The quantitative estimate of drug-likeness (QED) is 0.339. The van der Waals surface area contributed by atoms with Crippen LogP contribution in [0.5, 0.6) is 5.75 Å². The third kappa shape index (κ3) is 9.05. The first-order valence-corrected chi connectivity index (χ1v) is 17.2. The summed E-state index contributed by atoms with van der Waals surface area (Å²) in [4.78, 5) is 22.2. The van der Waals surface area contributed by atoms with E-state index in [1.54, 1.807) is 43.3 Å². The molecule has 1 aliphatic heterocycles. The highest BCUT2D eigenvalue weighted by Gasteiger charge is 2.31. The third-order valence-corrected chi connectivity index (χ3v) is 9.86. The van der Waals surface area contributed by atoms with Crippen molar-refractivity contribution in [3.63, 3.8) is 0 Å². The number of ether oxygens (including phenoxy) is 2. The first-order chi connectivity index (χ1) is 21.9. The molecule has 4 rings (SSSR count). The molecule has 0 fully saturated rings. The molecule has 3 heterocycles. The van der Waals surface area contributed by atoms with E-state index in [-0.39, 0.29) is 58.2 Å². The van der Waals surface area contributed by atoms with Gasteiger partial charge in [0, 0.05) is 50.2 Å². The second kappa shape index (κ2) is 15.9. The molecule has 13 heteroatoms. The van der Waals surface area contributed by atoms with E-state index in [1.165, 1.54) is 13.0 Å². The second-order valence-electron chi connectivity index (χ2n) is 12.3. The smallest absolute Gasteiger partial charge is 0.267 e. The van der Waals surface area contributed by atoms with Gasteiger partial charge in [-0.25, -0.2) is 8.42 Å². The van der Waals surface area contributed by atoms with Crippen LogP contribution in [0.3, 0.4) is 0 Å². The number of aliphatic hydroxyl groups excluding tert-OH is 1. The fourth-order valence-electron chi connectivity index (χ4n) is 5.68. The number of carbonyl (C=O) groups is 1. The Labute approximate surface area is 272 Å². The van der Waals surface area contributed by atoms with Gasteiger partial charge < -0.3 is 24.0 Å². The first-order valence-electron chi connectivity index (χ1n) is 15.8. The maximum Gasteiger partial charge on any atom is 0.267 e. The molecule has 252 valence electrons. The average molecular weight is 658 g/mol. The number of hydrogen-bond donors (Lipinski definition) is 2. The molecule has 0 aliphatic carbocycles. The van der Waals surface area contributed by atoms with Crippen LogP contribution in [0, 0.1) is 19.8 Å². The van der Waals surface area contributed by atoms with Crippen molar-refractivity contribution < 1.29 is 32.3 Å². The molecule has 2 aromatic heterocycles. The van der Waals surface area contributed by atoms with Gasteiger partial charge in [-0.15, -0.1) is 0 Å². The summed E-state index contributed by atoms with van der Waals surface area (Å²) in [6.07, 6.45) is 5.65. The van der Waals surface area contributed by atoms with Crippen molar-refractivity contribution >= 4 is 21.6 Å². The van der Waals surface area contributed by atoms with E-state index in [9.17, 15) is 18.3 Å². The number of amides is 1. The first kappa shape index (κ1) is 35.3. The van der Waals surface area contributed by atoms with Crippen LogP contribution >= 0.6 is 0 Å². The Morgan fingerprint density at radius 1 is 1.15 bits per heavy atom. The summed E-state index contributed by atoms with van der Waals surface area (Å²) in [6.45, 7) is 10.9. The minimum atomic E-state index is -4.06. The van der Waals surface area contributed by atoms with Crippen LogP contribution in [-0.4, -0.2) is 91.0 Å². The Hall–Kier alpha value is -3.52. The number of aryl methyl sites for hydroxylation is 2. The normalized spacial score (nSPS) is 20.9. The van der Waals surface area contributed by atoms with Crippen LogP contribution in [-0.2, 0) is 21.3 Å². The van der Waals surface area contributed by atoms with Crippen molar-refractivity contribution in [3.8, 4) is 5.75 Å². The van der Waals surface area contributed by atoms with Gasteiger partial charge in [-0.2, -0.15) is 0 Å². The lowest BCUT2D eigenvalue weighted by molar-refractivity contribution is -0.0177. The molecular weight excluding hydrogens is 610 g/mol. The van der Waals surface area contributed by atoms with Crippen molar-refractivity contribution in [2.24, 2.45) is 5.92 Å². The molecule has 0 saturated heterocycles. The SMILES string of the molecule is Cc1noc(C)c1S(=O)(=O)Nc1ccc2c(c1)C(=O)N([C@@H](C)CO)C[C@H](C)[C@@H](CN(C)Cc1ccncc1)OCCCC[C@@H](C)O2. The number of rotatable bonds is 9. The molecule has 1 aromatic carbocycles. The van der Waals surface area contributed by atoms with Crippen LogP contribution in [0.15, 0.2) is 52.1 Å². The third-order valence-electron chi connectivity index (χ3n) is 8.23. The standard InChI is InChI=1S/C33H47N5O7S/c1-22-18-38(23(2)21-39)33(40)29-17-28(36-46(41,42)32-25(4)35-45-26(32)5)10-11-30(29)44-24(3)9-7-8-16-43-31(22)20-37(6)19-27-12-14-34-15-13-27/h10-15,17,22-24,31,36,39H,7-9,16,18-21H2,1-6H3/t22-,23-,24+,31+/m0/s1. The summed E-state index contributed by atoms with van der Waals surface area (Å²) in [6, 6.07) is 8.13. The van der Waals surface area contributed by atoms with Crippen molar-refractivity contribution in [3.05, 3.63) is 65.3 Å². The number of hydrogen-bond acceptors (Lipinski definition) is 10. The number of nitrogens with zero attached hydrogens (tertiary/aromatic N) is 4. The van der Waals surface area contributed by atoms with E-state index in [2.05, 4.69) is 26.7 Å². The number of carbonyl (C=O) groups excluding carboxylic acids is 1. The molecule has 3 aromatic rings. The Balaban J connectivity index is 1.66. The van der Waals surface area contributed by atoms with Gasteiger partial charge in [-0.3, -0.25) is 19.4 Å². The fourth-order valence-corrected chi connectivity index (χ4v) is 7.07. The second-order valence-corrected chi connectivity index (χ2v) is 13.9. The summed E-state index contributed by atoms with van der Waals surface area (Å²) in [5.74, 6) is 0.0411. The van der Waals surface area contributed by atoms with Crippen LogP contribution in [0.4, 0.5) is 5.69 Å². The van der Waals surface area contributed by atoms with Crippen molar-refractivity contribution in [1.29, 1.82) is 0 Å². The summed E-state index contributed by atoms with van der Waals surface area (Å²) >= 11 is 0. The number of benzene rings is 1. The largest absolute Gasteiger partial charge is 0.490 e. The minimum absolute atomic E-state index is 0.0481. The predicted molar refractivity (Wildman–Crippen MR) is 174 cm³/mol. The molecule has 1 aliphatic rings. The maximum atomic E-state index is 14.4. The maximum absolute atomic E-state index is 14.4. The average Bonchev–Trinajstić information content (AvgIpc) is 3.37. The molecule has 4 atom stereocenters. The highest BCUT2D eigenvalue weighted by atomic mass is 32.2. The number of aliphatic hydroxyl groups is 1. The summed E-state index contributed by atoms with van der Waals surface area (Å²) < 4.78 is 46.9. The van der Waals surface area contributed by atoms with Crippen molar-refractivity contribution in [2.75, 3.05) is 38.1 Å². The van der Waals surface area contributed by atoms with Gasteiger partial charge in [0.1, 0.15) is 11.4 Å². The van der Waals surface area contributed by atoms with E-state index < -0.39 is 16.1 Å². The number of sulfonamides is 1. The topological polar surface area (TPSA) is 147 Å². The van der Waals surface area contributed by atoms with Crippen molar-refractivity contribution in [2.45, 2.75) is 83.6 Å². The molecule has 12 nitrogen and oxygen atoms in total. The zero-order chi connectivity index (χ0) is 33.4. The number of likely N-dealkylation sites (N-methyl/N-ethyl adjacent to an activating group) is 1. The van der Waals surface area contributed by atoms with Gasteiger partial charge in [-0.1, -0.05) is 12.1 Å². The molecule has 0 saturated carbocycles. The molecule has 0 spiro atoms. The Bertz CT molecular complexity index is 1530. The minimum Gasteiger partial charge on any atom is -0.490 e. The van der Waals surface area contributed by atoms with E-state index in [0.29, 0.717) is 25.4 Å². The zero-order valence-electron chi connectivity index (χ0n) is 27.6. The highest BCUT2D eigenvalue weighted by Crippen LogP contribution is 2.30. The molecular formula is C33H47N5O7S. The van der Waals surface area contributed by atoms with Crippen LogP contribution in [0.25, 0.3) is 0 Å². The molecule has 0 radical (unpaired) electrons. The van der Waals surface area contributed by atoms with Gasteiger partial charge in [0.25, 0.3) is 15.9 Å². The monoisotopic (exact) mass is 657 g/mol. The molecule has 46 heavy (non-hydrogen) atoms. The van der Waals surface area contributed by atoms with E-state index >= 15 is 0 Å². The highest BCUT2D eigenvalue weighted by molar-refractivity contribution is 7.92. The van der Waals surface area contributed by atoms with Gasteiger partial charge >= 0.3 is 0 Å². The van der Waals surface area contributed by atoms with E-state index in [0.717, 1.165) is 31.4 Å². The number of anilines is 1. The van der Waals surface area contributed by atoms with Crippen LogP contribution < -0.4 is 9.46 Å². The Kier molecular flexibility index (Phi) is 12.2. The molecule has 2 N–H and O–H groups in total. The molecule has 0 bridgehead atoms.